The number of hydrogen-bond donors (Lipinski definition) is 1. The lowest BCUT2D eigenvalue weighted by molar-refractivity contribution is 0.257. The van der Waals surface area contributed by atoms with Crippen molar-refractivity contribution >= 4 is 5.69 Å². The normalized spacial score (nSPS) is 15.2. The van der Waals surface area contributed by atoms with E-state index in [1.54, 1.807) is 0 Å². The topological polar surface area (TPSA) is 36.3 Å². The number of nitrogens with one attached hydrogen (secondary N) is 1. The van der Waals surface area contributed by atoms with Crippen molar-refractivity contribution in [3.8, 4) is 11.1 Å². The van der Waals surface area contributed by atoms with Gasteiger partial charge in [-0.2, -0.15) is 5.10 Å². The quantitative estimate of drug-likeness (QED) is 0.496. The Hall–Kier alpha value is -2.63. The van der Waals surface area contributed by atoms with Crippen molar-refractivity contribution in [1.82, 2.24) is 20.0 Å². The third-order valence-corrected chi connectivity index (χ3v) is 6.77. The lowest BCUT2D eigenvalue weighted by atomic mass is 10.0. The number of piperazine rings is 1. The van der Waals surface area contributed by atoms with Crippen LogP contribution in [0.25, 0.3) is 11.1 Å². The summed E-state index contributed by atoms with van der Waals surface area (Å²) in [5.41, 5.74) is 8.95. The highest BCUT2D eigenvalue weighted by Crippen LogP contribution is 2.27. The molecule has 1 aromatic heterocycles. The minimum absolute atomic E-state index is 0.0354. The van der Waals surface area contributed by atoms with E-state index in [1.165, 1.54) is 33.5 Å². The van der Waals surface area contributed by atoms with E-state index < -0.39 is 0 Å². The molecule has 0 unspecified atom stereocenters. The Balaban J connectivity index is 1.31. The molecular weight excluding hydrogens is 418 g/mol. The van der Waals surface area contributed by atoms with Crippen molar-refractivity contribution in [2.75, 3.05) is 44.2 Å². The maximum Gasteiger partial charge on any atom is 0.0841 e. The predicted octanol–water partition coefficient (Wildman–Crippen LogP) is 5.14. The summed E-state index contributed by atoms with van der Waals surface area (Å²) in [7, 11) is 0. The van der Waals surface area contributed by atoms with E-state index in [9.17, 15) is 0 Å². The lowest BCUT2D eigenvalue weighted by Gasteiger charge is -2.37. The van der Waals surface area contributed by atoms with Gasteiger partial charge in [-0.15, -0.1) is 0 Å². The van der Waals surface area contributed by atoms with Crippen LogP contribution in [0.15, 0.2) is 48.7 Å². The van der Waals surface area contributed by atoms with Gasteiger partial charge < -0.3 is 10.2 Å². The van der Waals surface area contributed by atoms with Crippen molar-refractivity contribution in [3.05, 3.63) is 71.0 Å². The van der Waals surface area contributed by atoms with Crippen molar-refractivity contribution in [1.29, 1.82) is 0 Å². The number of anilines is 1. The SMILES string of the molecule is Cc1cccc(-c2cn(C(C)(C)C)nc2CNCCN2CCN(c3ccc(C)cc3C)CC2)c1. The van der Waals surface area contributed by atoms with E-state index in [4.69, 9.17) is 5.10 Å². The molecule has 3 aromatic rings. The number of rotatable bonds is 7. The van der Waals surface area contributed by atoms with E-state index in [0.29, 0.717) is 0 Å². The molecule has 4 rings (SSSR count). The van der Waals surface area contributed by atoms with Gasteiger partial charge >= 0.3 is 0 Å². The third-order valence-electron chi connectivity index (χ3n) is 6.77. The van der Waals surface area contributed by atoms with Crippen LogP contribution in [-0.2, 0) is 12.1 Å². The minimum atomic E-state index is -0.0354. The molecule has 182 valence electrons. The van der Waals surface area contributed by atoms with Gasteiger partial charge in [-0.3, -0.25) is 9.58 Å². The predicted molar refractivity (Wildman–Crippen MR) is 144 cm³/mol. The van der Waals surface area contributed by atoms with Crippen LogP contribution in [0.5, 0.6) is 0 Å². The molecule has 34 heavy (non-hydrogen) atoms. The molecule has 0 bridgehead atoms. The van der Waals surface area contributed by atoms with Crippen molar-refractivity contribution in [2.24, 2.45) is 0 Å². The fourth-order valence-corrected chi connectivity index (χ4v) is 4.75. The smallest absolute Gasteiger partial charge is 0.0841 e. The molecule has 1 aliphatic heterocycles. The lowest BCUT2D eigenvalue weighted by Crippen LogP contribution is -2.48. The highest BCUT2D eigenvalue weighted by atomic mass is 15.3. The fraction of sp³-hybridized carbons (Fsp3) is 0.483. The van der Waals surface area contributed by atoms with Gasteiger partial charge in [0.1, 0.15) is 0 Å². The van der Waals surface area contributed by atoms with Crippen LogP contribution in [0.2, 0.25) is 0 Å². The monoisotopic (exact) mass is 459 g/mol. The van der Waals surface area contributed by atoms with E-state index in [0.717, 1.165) is 51.5 Å². The zero-order chi connectivity index (χ0) is 24.3. The summed E-state index contributed by atoms with van der Waals surface area (Å²) < 4.78 is 2.11. The highest BCUT2D eigenvalue weighted by molar-refractivity contribution is 5.66. The van der Waals surface area contributed by atoms with Crippen LogP contribution < -0.4 is 10.2 Å². The van der Waals surface area contributed by atoms with Crippen LogP contribution in [0, 0.1) is 20.8 Å². The second kappa shape index (κ2) is 10.3. The molecule has 2 aromatic carbocycles. The summed E-state index contributed by atoms with van der Waals surface area (Å²) in [6, 6.07) is 15.5. The Kier molecular flexibility index (Phi) is 7.44. The van der Waals surface area contributed by atoms with Crippen LogP contribution in [0.4, 0.5) is 5.69 Å². The first-order chi connectivity index (χ1) is 16.2. The largest absolute Gasteiger partial charge is 0.369 e. The van der Waals surface area contributed by atoms with Gasteiger partial charge in [0.2, 0.25) is 0 Å². The molecule has 0 atom stereocenters. The zero-order valence-electron chi connectivity index (χ0n) is 21.9. The molecular formula is C29H41N5. The van der Waals surface area contributed by atoms with Gasteiger partial charge in [-0.1, -0.05) is 47.5 Å². The number of benzene rings is 2. The Morgan fingerprint density at radius 2 is 1.65 bits per heavy atom. The van der Waals surface area contributed by atoms with E-state index >= 15 is 0 Å². The van der Waals surface area contributed by atoms with Crippen LogP contribution in [-0.4, -0.2) is 53.9 Å². The molecule has 1 fully saturated rings. The van der Waals surface area contributed by atoms with Gasteiger partial charge in [-0.25, -0.2) is 0 Å². The summed E-state index contributed by atoms with van der Waals surface area (Å²) in [4.78, 5) is 5.11. The highest BCUT2D eigenvalue weighted by Gasteiger charge is 2.20. The van der Waals surface area contributed by atoms with Gasteiger partial charge in [0, 0.05) is 63.3 Å². The number of aromatic nitrogens is 2. The second-order valence-electron chi connectivity index (χ2n) is 10.8. The maximum atomic E-state index is 4.96. The fourth-order valence-electron chi connectivity index (χ4n) is 4.75. The number of nitrogens with zero attached hydrogens (tertiary/aromatic N) is 4. The molecule has 0 amide bonds. The van der Waals surface area contributed by atoms with Crippen molar-refractivity contribution in [3.63, 3.8) is 0 Å². The van der Waals surface area contributed by atoms with Crippen molar-refractivity contribution < 1.29 is 0 Å². The molecule has 1 N–H and O–H groups in total. The molecule has 0 radical (unpaired) electrons. The second-order valence-corrected chi connectivity index (χ2v) is 10.8. The Labute approximate surface area is 205 Å². The van der Waals surface area contributed by atoms with Crippen LogP contribution >= 0.6 is 0 Å². The summed E-state index contributed by atoms with van der Waals surface area (Å²) >= 11 is 0. The first kappa shape index (κ1) is 24.5. The van der Waals surface area contributed by atoms with Crippen molar-refractivity contribution in [2.45, 2.75) is 53.6 Å². The molecule has 5 nitrogen and oxygen atoms in total. The molecule has 1 aliphatic rings. The minimum Gasteiger partial charge on any atom is -0.369 e. The maximum absolute atomic E-state index is 4.96. The first-order valence-electron chi connectivity index (χ1n) is 12.6. The number of aryl methyl sites for hydroxylation is 3. The number of hydrogen-bond acceptors (Lipinski definition) is 4. The van der Waals surface area contributed by atoms with E-state index in [1.807, 2.05) is 0 Å². The van der Waals surface area contributed by atoms with Gasteiger partial charge in [-0.05, 0) is 58.7 Å². The standard InChI is InChI=1S/C29H41N5/c1-22-8-7-9-25(19-22)26-21-34(29(4,5)6)31-27(26)20-30-12-13-32-14-16-33(17-15-32)28-11-10-23(2)18-24(28)3/h7-11,18-19,21,30H,12-17,20H2,1-6H3. The zero-order valence-corrected chi connectivity index (χ0v) is 21.9. The average Bonchev–Trinajstić information content (AvgIpc) is 3.22. The summed E-state index contributed by atoms with van der Waals surface area (Å²) in [6.45, 7) is 20.4. The third kappa shape index (κ3) is 5.89. The summed E-state index contributed by atoms with van der Waals surface area (Å²) in [6.07, 6.45) is 2.21. The summed E-state index contributed by atoms with van der Waals surface area (Å²) in [5.74, 6) is 0. The Morgan fingerprint density at radius 1 is 0.912 bits per heavy atom. The first-order valence-corrected chi connectivity index (χ1v) is 12.6. The summed E-state index contributed by atoms with van der Waals surface area (Å²) in [5, 5.41) is 8.63. The molecule has 0 spiro atoms. The van der Waals surface area contributed by atoms with Gasteiger partial charge in [0.05, 0.1) is 11.2 Å². The van der Waals surface area contributed by atoms with Crippen LogP contribution in [0.3, 0.4) is 0 Å². The molecule has 0 saturated carbocycles. The Bertz CT molecular complexity index is 1100. The average molecular weight is 460 g/mol. The molecule has 5 heteroatoms. The van der Waals surface area contributed by atoms with Gasteiger partial charge in [0.25, 0.3) is 0 Å². The van der Waals surface area contributed by atoms with Crippen LogP contribution in [0.1, 0.15) is 43.2 Å². The molecule has 1 saturated heterocycles. The molecule has 2 heterocycles. The van der Waals surface area contributed by atoms with Gasteiger partial charge in [0.15, 0.2) is 0 Å². The molecule has 0 aliphatic carbocycles. The van der Waals surface area contributed by atoms with E-state index in [2.05, 4.69) is 110 Å². The Morgan fingerprint density at radius 3 is 2.32 bits per heavy atom. The van der Waals surface area contributed by atoms with E-state index in [-0.39, 0.29) is 5.54 Å².